The number of hydrogen-bond donors (Lipinski definition) is 2. The molecule has 226 valence electrons. The number of amides is 3. The molecule has 44 heavy (non-hydrogen) atoms. The minimum Gasteiger partial charge on any atom is -0.496 e. The Hall–Kier alpha value is -4.54. The molecule has 2 atom stereocenters. The maximum absolute atomic E-state index is 14.7. The lowest BCUT2D eigenvalue weighted by Crippen LogP contribution is -2.63. The molecule has 1 aliphatic heterocycles. The Bertz CT molecular complexity index is 1810. The van der Waals surface area contributed by atoms with E-state index >= 15 is 0 Å². The largest absolute Gasteiger partial charge is 0.496 e. The average Bonchev–Trinajstić information content (AvgIpc) is 3.14. The maximum Gasteiger partial charge on any atom is 0.258 e. The molecular weight excluding hydrogens is 624 g/mol. The van der Waals surface area contributed by atoms with Crippen LogP contribution >= 0.6 is 15.9 Å². The van der Waals surface area contributed by atoms with Gasteiger partial charge in [0.2, 0.25) is 11.8 Å². The van der Waals surface area contributed by atoms with Crippen molar-refractivity contribution in [2.24, 2.45) is 11.7 Å². The fourth-order valence-corrected chi connectivity index (χ4v) is 6.10. The van der Waals surface area contributed by atoms with Gasteiger partial charge in [-0.05, 0) is 74.1 Å². The summed E-state index contributed by atoms with van der Waals surface area (Å²) in [5, 5.41) is 4.80. The summed E-state index contributed by atoms with van der Waals surface area (Å²) < 4.78 is 6.66. The zero-order chi connectivity index (χ0) is 31.8. The minimum absolute atomic E-state index is 0.0922. The van der Waals surface area contributed by atoms with E-state index in [0.29, 0.717) is 22.7 Å². The molecule has 0 saturated carbocycles. The van der Waals surface area contributed by atoms with Crippen LogP contribution in [0.25, 0.3) is 10.8 Å². The predicted molar refractivity (Wildman–Crippen MR) is 174 cm³/mol. The predicted octanol–water partition coefficient (Wildman–Crippen LogP) is 5.09. The minimum atomic E-state index is -1.51. The number of carbonyl (C=O) groups is 4. The summed E-state index contributed by atoms with van der Waals surface area (Å²) in [6.07, 6.45) is 0. The summed E-state index contributed by atoms with van der Waals surface area (Å²) in [6, 6.07) is 23.3. The van der Waals surface area contributed by atoms with Gasteiger partial charge in [0.1, 0.15) is 11.3 Å². The van der Waals surface area contributed by atoms with Gasteiger partial charge in [0, 0.05) is 27.7 Å². The molecule has 0 fully saturated rings. The number of methoxy groups -OCH3 is 1. The van der Waals surface area contributed by atoms with Crippen LogP contribution in [0.3, 0.4) is 0 Å². The van der Waals surface area contributed by atoms with E-state index in [1.54, 1.807) is 68.4 Å². The van der Waals surface area contributed by atoms with Crippen molar-refractivity contribution in [3.8, 4) is 5.75 Å². The number of anilines is 2. The van der Waals surface area contributed by atoms with E-state index < -0.39 is 29.2 Å². The first-order valence-corrected chi connectivity index (χ1v) is 14.9. The van der Waals surface area contributed by atoms with Gasteiger partial charge < -0.3 is 25.6 Å². The zero-order valence-corrected chi connectivity index (χ0v) is 26.5. The Morgan fingerprint density at radius 2 is 1.70 bits per heavy atom. The van der Waals surface area contributed by atoms with Crippen molar-refractivity contribution >= 4 is 61.6 Å². The monoisotopic (exact) mass is 656 g/mol. The Morgan fingerprint density at radius 1 is 1.00 bits per heavy atom. The third-order valence-electron chi connectivity index (χ3n) is 8.47. The summed E-state index contributed by atoms with van der Waals surface area (Å²) in [4.78, 5) is 57.1. The van der Waals surface area contributed by atoms with E-state index in [9.17, 15) is 19.2 Å². The SMILES string of the molecule is CNC(C)(C(N)=O)[C@@H]1CN(C(=O)c2cccc(C(C)=O)c2)c2ccccc2N(Cc2c(OC)ccc3cc(Br)ccc23)C1=O. The van der Waals surface area contributed by atoms with Gasteiger partial charge >= 0.3 is 0 Å². The smallest absolute Gasteiger partial charge is 0.258 e. The third-order valence-corrected chi connectivity index (χ3v) is 8.96. The standard InChI is InChI=1S/C34H33BrN4O5/c1-20(40)21-8-7-9-23(16-21)31(41)39-19-27(34(2,37-3)33(36)43)32(42)38(28-10-5-6-11-29(28)39)18-26-25-14-13-24(35)17-22(25)12-15-30(26)44-4/h5-17,27,37H,18-19H2,1-4H3,(H2,36,43)/t27-,34?/m1/s1. The molecule has 0 spiro atoms. The number of halogens is 1. The van der Waals surface area contributed by atoms with Crippen molar-refractivity contribution in [1.29, 1.82) is 0 Å². The number of nitrogens with one attached hydrogen (secondary N) is 1. The number of likely N-dealkylation sites (N-methyl/N-ethyl adjacent to an activating group) is 1. The van der Waals surface area contributed by atoms with Gasteiger partial charge in [-0.2, -0.15) is 0 Å². The number of hydrogen-bond acceptors (Lipinski definition) is 6. The number of nitrogens with two attached hydrogens (primary N) is 1. The summed E-state index contributed by atoms with van der Waals surface area (Å²) in [6.45, 7) is 2.95. The topological polar surface area (TPSA) is 122 Å². The molecule has 0 aliphatic carbocycles. The molecule has 1 heterocycles. The highest BCUT2D eigenvalue weighted by atomic mass is 79.9. The number of carbonyl (C=O) groups excluding carboxylic acids is 4. The molecule has 0 saturated heterocycles. The van der Waals surface area contributed by atoms with Crippen molar-refractivity contribution in [2.75, 3.05) is 30.5 Å². The zero-order valence-electron chi connectivity index (χ0n) is 24.9. The number of fused-ring (bicyclic) bond motifs is 2. The molecule has 1 unspecified atom stereocenters. The highest BCUT2D eigenvalue weighted by Gasteiger charge is 2.49. The number of primary amides is 1. The van der Waals surface area contributed by atoms with Crippen LogP contribution in [0.5, 0.6) is 5.75 Å². The summed E-state index contributed by atoms with van der Waals surface area (Å²) in [5.41, 5.74) is 6.79. The quantitative estimate of drug-likeness (QED) is 0.255. The molecule has 1 aliphatic rings. The van der Waals surface area contributed by atoms with Gasteiger partial charge in [-0.25, -0.2) is 0 Å². The number of ketones is 1. The van der Waals surface area contributed by atoms with Gasteiger partial charge in [-0.15, -0.1) is 0 Å². The molecule has 0 radical (unpaired) electrons. The average molecular weight is 658 g/mol. The van der Waals surface area contributed by atoms with Crippen molar-refractivity contribution in [3.63, 3.8) is 0 Å². The first-order valence-electron chi connectivity index (χ1n) is 14.1. The van der Waals surface area contributed by atoms with Crippen LogP contribution in [0, 0.1) is 5.92 Å². The molecule has 0 aromatic heterocycles. The van der Waals surface area contributed by atoms with Crippen molar-refractivity contribution in [3.05, 3.63) is 100 Å². The molecule has 4 aromatic rings. The number of benzene rings is 4. The molecular formula is C34H33BrN4O5. The van der Waals surface area contributed by atoms with Crippen LogP contribution < -0.4 is 25.6 Å². The Morgan fingerprint density at radius 3 is 2.36 bits per heavy atom. The van der Waals surface area contributed by atoms with E-state index in [1.807, 2.05) is 30.3 Å². The van der Waals surface area contributed by atoms with Crippen LogP contribution in [0.1, 0.15) is 40.1 Å². The highest BCUT2D eigenvalue weighted by Crippen LogP contribution is 2.40. The van der Waals surface area contributed by atoms with E-state index in [4.69, 9.17) is 10.5 Å². The summed E-state index contributed by atoms with van der Waals surface area (Å²) >= 11 is 3.53. The third kappa shape index (κ3) is 5.46. The Balaban J connectivity index is 1.72. The van der Waals surface area contributed by atoms with Gasteiger partial charge in [-0.3, -0.25) is 19.2 Å². The number of ether oxygens (including phenoxy) is 1. The van der Waals surface area contributed by atoms with Crippen molar-refractivity contribution in [1.82, 2.24) is 5.32 Å². The van der Waals surface area contributed by atoms with E-state index in [2.05, 4.69) is 21.2 Å². The molecule has 3 N–H and O–H groups in total. The number of rotatable bonds is 8. The maximum atomic E-state index is 14.7. The second-order valence-corrected chi connectivity index (χ2v) is 11.9. The molecule has 4 aromatic carbocycles. The lowest BCUT2D eigenvalue weighted by Gasteiger charge is -2.36. The van der Waals surface area contributed by atoms with E-state index in [0.717, 1.165) is 20.8 Å². The van der Waals surface area contributed by atoms with Gasteiger partial charge in [-0.1, -0.05) is 52.3 Å². The second kappa shape index (κ2) is 12.2. The fourth-order valence-electron chi connectivity index (χ4n) is 5.73. The lowest BCUT2D eigenvalue weighted by molar-refractivity contribution is -0.133. The van der Waals surface area contributed by atoms with Crippen LogP contribution in [0.2, 0.25) is 0 Å². The molecule has 9 nitrogen and oxygen atoms in total. The van der Waals surface area contributed by atoms with Crippen LogP contribution in [-0.4, -0.2) is 49.7 Å². The van der Waals surface area contributed by atoms with E-state index in [1.165, 1.54) is 17.9 Å². The Labute approximate surface area is 264 Å². The van der Waals surface area contributed by atoms with Crippen LogP contribution in [-0.2, 0) is 16.1 Å². The Kier molecular flexibility index (Phi) is 8.58. The number of nitrogens with zero attached hydrogens (tertiary/aromatic N) is 2. The number of para-hydroxylation sites is 2. The second-order valence-electron chi connectivity index (χ2n) is 10.9. The summed E-state index contributed by atoms with van der Waals surface area (Å²) in [5.74, 6) is -2.21. The molecule has 0 bridgehead atoms. The van der Waals surface area contributed by atoms with Crippen molar-refractivity contribution < 1.29 is 23.9 Å². The van der Waals surface area contributed by atoms with Gasteiger partial charge in [0.25, 0.3) is 5.91 Å². The van der Waals surface area contributed by atoms with Gasteiger partial charge in [0.15, 0.2) is 5.78 Å². The van der Waals surface area contributed by atoms with Crippen LogP contribution in [0.15, 0.2) is 83.3 Å². The first-order chi connectivity index (χ1) is 21.0. The van der Waals surface area contributed by atoms with Crippen molar-refractivity contribution in [2.45, 2.75) is 25.9 Å². The van der Waals surface area contributed by atoms with Crippen LogP contribution in [0.4, 0.5) is 11.4 Å². The molecule has 10 heteroatoms. The first kappa shape index (κ1) is 30.9. The van der Waals surface area contributed by atoms with Gasteiger partial charge in [0.05, 0.1) is 30.9 Å². The molecule has 3 amide bonds. The normalized spacial score (nSPS) is 16.2. The fraction of sp³-hybridized carbons (Fsp3) is 0.235. The van der Waals surface area contributed by atoms with E-state index in [-0.39, 0.29) is 24.4 Å². The molecule has 5 rings (SSSR count). The number of Topliss-reactive ketones (excluding diaryl/α,β-unsaturated/α-hetero) is 1. The summed E-state index contributed by atoms with van der Waals surface area (Å²) in [7, 11) is 3.14. The lowest BCUT2D eigenvalue weighted by atomic mass is 9.83. The highest BCUT2D eigenvalue weighted by molar-refractivity contribution is 9.10.